The Balaban J connectivity index is 2.59. The second-order valence-corrected chi connectivity index (χ2v) is 4.02. The molecule has 0 bridgehead atoms. The molecular weight excluding hydrogens is 228 g/mol. The maximum absolute atomic E-state index is 10.8. The summed E-state index contributed by atoms with van der Waals surface area (Å²) in [6.45, 7) is 2.01. The number of hydrogen-bond donors (Lipinski definition) is 1. The number of aromatic nitrogens is 1. The van der Waals surface area contributed by atoms with Crippen LogP contribution in [0.25, 0.3) is 17.0 Å². The van der Waals surface area contributed by atoms with Crippen LogP contribution < -0.4 is 10.5 Å². The molecule has 0 aliphatic heterocycles. The monoisotopic (exact) mass is 242 g/mol. The fourth-order valence-corrected chi connectivity index (χ4v) is 1.73. The van der Waals surface area contributed by atoms with Gasteiger partial charge in [0.15, 0.2) is 0 Å². The molecule has 18 heavy (non-hydrogen) atoms. The van der Waals surface area contributed by atoms with Gasteiger partial charge in [0.1, 0.15) is 0 Å². The molecule has 1 amide bonds. The smallest absolute Gasteiger partial charge is 0.241 e. The molecule has 92 valence electrons. The topological polar surface area (TPSA) is 65.2 Å². The Kier molecular flexibility index (Phi) is 3.28. The molecule has 1 aromatic carbocycles. The summed E-state index contributed by atoms with van der Waals surface area (Å²) in [5, 5.41) is 0.991. The van der Waals surface area contributed by atoms with Crippen molar-refractivity contribution in [2.24, 2.45) is 5.73 Å². The number of ether oxygens (including phenoxy) is 1. The van der Waals surface area contributed by atoms with Crippen LogP contribution in [0.5, 0.6) is 5.88 Å². The first-order valence-corrected chi connectivity index (χ1v) is 5.53. The molecule has 2 aromatic rings. The fraction of sp³-hybridized carbons (Fsp3) is 0.143. The zero-order chi connectivity index (χ0) is 13.1. The van der Waals surface area contributed by atoms with E-state index in [9.17, 15) is 4.79 Å². The number of primary amides is 1. The molecule has 0 unspecified atom stereocenters. The van der Waals surface area contributed by atoms with E-state index in [0.717, 1.165) is 22.0 Å². The van der Waals surface area contributed by atoms with E-state index in [-0.39, 0.29) is 0 Å². The van der Waals surface area contributed by atoms with Gasteiger partial charge in [0, 0.05) is 17.0 Å². The first kappa shape index (κ1) is 12.1. The first-order chi connectivity index (χ1) is 8.60. The van der Waals surface area contributed by atoms with E-state index in [2.05, 4.69) is 4.98 Å². The van der Waals surface area contributed by atoms with E-state index in [1.54, 1.807) is 13.2 Å². The van der Waals surface area contributed by atoms with Crippen LogP contribution in [0.1, 0.15) is 11.1 Å². The number of aryl methyl sites for hydroxylation is 1. The molecule has 0 saturated heterocycles. The Morgan fingerprint density at radius 1 is 1.39 bits per heavy atom. The van der Waals surface area contributed by atoms with Gasteiger partial charge in [0.25, 0.3) is 0 Å². The van der Waals surface area contributed by atoms with E-state index >= 15 is 0 Å². The lowest BCUT2D eigenvalue weighted by atomic mass is 10.1. The standard InChI is InChI=1S/C14H14N2O2/c1-9-3-4-10-8-11(5-6-13(15)17)14(18-2)16-12(10)7-9/h3-8H,1-2H3,(H2,15,17)/b6-5+. The van der Waals surface area contributed by atoms with Crippen LogP contribution in [0.2, 0.25) is 0 Å². The largest absolute Gasteiger partial charge is 0.481 e. The van der Waals surface area contributed by atoms with Gasteiger partial charge >= 0.3 is 0 Å². The number of pyridine rings is 1. The van der Waals surface area contributed by atoms with Gasteiger partial charge in [-0.2, -0.15) is 0 Å². The number of hydrogen-bond acceptors (Lipinski definition) is 3. The molecule has 2 N–H and O–H groups in total. The van der Waals surface area contributed by atoms with E-state index < -0.39 is 5.91 Å². The number of amides is 1. The van der Waals surface area contributed by atoms with Crippen molar-refractivity contribution in [2.45, 2.75) is 6.92 Å². The molecule has 4 heteroatoms. The minimum Gasteiger partial charge on any atom is -0.481 e. The molecule has 0 aliphatic rings. The highest BCUT2D eigenvalue weighted by Gasteiger charge is 2.05. The first-order valence-electron chi connectivity index (χ1n) is 5.53. The van der Waals surface area contributed by atoms with Crippen LogP contribution in [0.3, 0.4) is 0 Å². The van der Waals surface area contributed by atoms with Gasteiger partial charge in [0.05, 0.1) is 12.6 Å². The lowest BCUT2D eigenvalue weighted by Crippen LogP contribution is -2.05. The number of nitrogens with two attached hydrogens (primary N) is 1. The van der Waals surface area contributed by atoms with Gasteiger partial charge in [-0.3, -0.25) is 4.79 Å². The summed E-state index contributed by atoms with van der Waals surface area (Å²) in [4.78, 5) is 15.2. The lowest BCUT2D eigenvalue weighted by molar-refractivity contribution is -0.113. The Hall–Kier alpha value is -2.36. The molecule has 0 spiro atoms. The highest BCUT2D eigenvalue weighted by atomic mass is 16.5. The average Bonchev–Trinajstić information content (AvgIpc) is 2.35. The average molecular weight is 242 g/mol. The predicted molar refractivity (Wildman–Crippen MR) is 71.3 cm³/mol. The minimum absolute atomic E-state index is 0.477. The number of rotatable bonds is 3. The molecule has 2 rings (SSSR count). The van der Waals surface area contributed by atoms with Gasteiger partial charge in [0.2, 0.25) is 11.8 Å². The van der Waals surface area contributed by atoms with Crippen LogP contribution in [0.15, 0.2) is 30.3 Å². The number of methoxy groups -OCH3 is 1. The SMILES string of the molecule is COc1nc2cc(C)ccc2cc1/C=C/C(N)=O. The van der Waals surface area contributed by atoms with Gasteiger partial charge in [-0.1, -0.05) is 12.1 Å². The third-order valence-electron chi connectivity index (χ3n) is 2.59. The summed E-state index contributed by atoms with van der Waals surface area (Å²) in [5.41, 5.74) is 7.81. The Labute approximate surface area is 105 Å². The summed E-state index contributed by atoms with van der Waals surface area (Å²) in [5.74, 6) is -0.0216. The summed E-state index contributed by atoms with van der Waals surface area (Å²) in [6, 6.07) is 7.90. The van der Waals surface area contributed by atoms with Gasteiger partial charge in [-0.05, 0) is 30.7 Å². The number of carbonyl (C=O) groups is 1. The van der Waals surface area contributed by atoms with Crippen molar-refractivity contribution in [3.05, 3.63) is 41.5 Å². The van der Waals surface area contributed by atoms with Gasteiger partial charge < -0.3 is 10.5 Å². The van der Waals surface area contributed by atoms with E-state index in [0.29, 0.717) is 5.88 Å². The molecule has 0 radical (unpaired) electrons. The van der Waals surface area contributed by atoms with Crippen LogP contribution in [-0.4, -0.2) is 18.0 Å². The maximum atomic E-state index is 10.8. The third kappa shape index (κ3) is 2.48. The van der Waals surface area contributed by atoms with E-state index in [1.807, 2.05) is 31.2 Å². The van der Waals surface area contributed by atoms with Crippen molar-refractivity contribution >= 4 is 22.9 Å². The van der Waals surface area contributed by atoms with Crippen molar-refractivity contribution in [3.63, 3.8) is 0 Å². The van der Waals surface area contributed by atoms with Gasteiger partial charge in [-0.15, -0.1) is 0 Å². The Morgan fingerprint density at radius 3 is 2.83 bits per heavy atom. The number of nitrogens with zero attached hydrogens (tertiary/aromatic N) is 1. The van der Waals surface area contributed by atoms with Crippen molar-refractivity contribution in [1.82, 2.24) is 4.98 Å². The van der Waals surface area contributed by atoms with Crippen LogP contribution >= 0.6 is 0 Å². The molecule has 0 atom stereocenters. The highest BCUT2D eigenvalue weighted by molar-refractivity contribution is 5.92. The minimum atomic E-state index is -0.499. The zero-order valence-corrected chi connectivity index (χ0v) is 10.3. The quantitative estimate of drug-likeness (QED) is 0.838. The fourth-order valence-electron chi connectivity index (χ4n) is 1.73. The second-order valence-electron chi connectivity index (χ2n) is 4.02. The predicted octanol–water partition coefficient (Wildman–Crippen LogP) is 2.05. The molecule has 0 saturated carbocycles. The van der Waals surface area contributed by atoms with Crippen molar-refractivity contribution in [1.29, 1.82) is 0 Å². The van der Waals surface area contributed by atoms with E-state index in [4.69, 9.17) is 10.5 Å². The molecular formula is C14H14N2O2. The lowest BCUT2D eigenvalue weighted by Gasteiger charge is -2.06. The normalized spacial score (nSPS) is 11.0. The molecule has 0 aliphatic carbocycles. The highest BCUT2D eigenvalue weighted by Crippen LogP contribution is 2.24. The number of benzene rings is 1. The maximum Gasteiger partial charge on any atom is 0.241 e. The number of carbonyl (C=O) groups excluding carboxylic acids is 1. The molecule has 0 fully saturated rings. The van der Waals surface area contributed by atoms with Crippen LogP contribution in [-0.2, 0) is 4.79 Å². The summed E-state index contributed by atoms with van der Waals surface area (Å²) < 4.78 is 5.21. The molecule has 1 heterocycles. The van der Waals surface area contributed by atoms with E-state index in [1.165, 1.54) is 6.08 Å². The summed E-state index contributed by atoms with van der Waals surface area (Å²) in [7, 11) is 1.55. The third-order valence-corrected chi connectivity index (χ3v) is 2.59. The van der Waals surface area contributed by atoms with Crippen LogP contribution in [0, 0.1) is 6.92 Å². The number of fused-ring (bicyclic) bond motifs is 1. The van der Waals surface area contributed by atoms with Crippen molar-refractivity contribution in [2.75, 3.05) is 7.11 Å². The Bertz CT molecular complexity index is 633. The molecule has 4 nitrogen and oxygen atoms in total. The summed E-state index contributed by atoms with van der Waals surface area (Å²) in [6.07, 6.45) is 2.90. The zero-order valence-electron chi connectivity index (χ0n) is 10.3. The second kappa shape index (κ2) is 4.87. The Morgan fingerprint density at radius 2 is 2.17 bits per heavy atom. The van der Waals surface area contributed by atoms with Gasteiger partial charge in [-0.25, -0.2) is 4.98 Å². The van der Waals surface area contributed by atoms with Crippen LogP contribution in [0.4, 0.5) is 0 Å². The summed E-state index contributed by atoms with van der Waals surface area (Å²) >= 11 is 0. The van der Waals surface area contributed by atoms with Crippen molar-refractivity contribution in [3.8, 4) is 5.88 Å². The van der Waals surface area contributed by atoms with Crippen molar-refractivity contribution < 1.29 is 9.53 Å². The molecule has 1 aromatic heterocycles.